The number of hydrazine groups is 1. The zero-order valence-corrected chi connectivity index (χ0v) is 15.4. The summed E-state index contributed by atoms with van der Waals surface area (Å²) in [7, 11) is 0. The molecule has 4 nitrogen and oxygen atoms in total. The van der Waals surface area contributed by atoms with Gasteiger partial charge in [-0.2, -0.15) is 0 Å². The molecule has 0 amide bonds. The Hall–Kier alpha value is -1.72. The highest BCUT2D eigenvalue weighted by Crippen LogP contribution is 2.37. The maximum atomic E-state index is 9.80. The van der Waals surface area contributed by atoms with E-state index in [1.54, 1.807) is 0 Å². The molecule has 26 heavy (non-hydrogen) atoms. The van der Waals surface area contributed by atoms with E-state index in [4.69, 9.17) is 0 Å². The fraction of sp³-hybridized carbons (Fsp3) is 0.455. The molecule has 2 fully saturated rings. The van der Waals surface area contributed by atoms with E-state index in [-0.39, 0.29) is 6.10 Å². The van der Waals surface area contributed by atoms with Crippen LogP contribution >= 0.6 is 0 Å². The summed E-state index contributed by atoms with van der Waals surface area (Å²) in [5.74, 6) is 0.833. The van der Waals surface area contributed by atoms with Crippen LogP contribution in [0.5, 0.6) is 0 Å². The molecule has 3 N–H and O–H groups in total. The molecule has 0 bridgehead atoms. The van der Waals surface area contributed by atoms with E-state index in [2.05, 4.69) is 76.4 Å². The molecular formula is C22H29N3O. The summed E-state index contributed by atoms with van der Waals surface area (Å²) in [6.45, 7) is 4.72. The molecule has 2 aromatic carbocycles. The third-order valence-corrected chi connectivity index (χ3v) is 5.84. The fourth-order valence-corrected chi connectivity index (χ4v) is 4.70. The number of fused-ring (bicyclic) bond motifs is 1. The Morgan fingerprint density at radius 3 is 2.19 bits per heavy atom. The van der Waals surface area contributed by atoms with Gasteiger partial charge in [0.25, 0.3) is 0 Å². The van der Waals surface area contributed by atoms with Crippen LogP contribution in [0.1, 0.15) is 30.4 Å². The van der Waals surface area contributed by atoms with Crippen molar-refractivity contribution >= 4 is 0 Å². The standard InChI is InChI=1S/C22H29N3O/c1-16(26)14-25-13-12-20-19(15-25)22(24-23-20)21(17-8-4-2-5-9-17)18-10-6-3-7-11-18/h2-11,16,19-24,26H,12-15H2,1H3. The van der Waals surface area contributed by atoms with Crippen molar-refractivity contribution in [3.05, 3.63) is 71.8 Å². The van der Waals surface area contributed by atoms with Crippen LogP contribution in [-0.4, -0.2) is 47.8 Å². The monoisotopic (exact) mass is 351 g/mol. The number of rotatable bonds is 5. The first-order valence-electron chi connectivity index (χ1n) is 9.74. The lowest BCUT2D eigenvalue weighted by Gasteiger charge is -2.38. The number of nitrogens with zero attached hydrogens (tertiary/aromatic N) is 1. The number of benzene rings is 2. The summed E-state index contributed by atoms with van der Waals surface area (Å²) in [4.78, 5) is 2.42. The van der Waals surface area contributed by atoms with Gasteiger partial charge in [0, 0.05) is 37.0 Å². The maximum Gasteiger partial charge on any atom is 0.0639 e. The predicted octanol–water partition coefficient (Wildman–Crippen LogP) is 2.37. The molecule has 0 saturated carbocycles. The second kappa shape index (κ2) is 7.89. The summed E-state index contributed by atoms with van der Waals surface area (Å²) in [5.41, 5.74) is 9.90. The number of aliphatic hydroxyl groups excluding tert-OH is 1. The van der Waals surface area contributed by atoms with Gasteiger partial charge in [0.2, 0.25) is 0 Å². The van der Waals surface area contributed by atoms with E-state index >= 15 is 0 Å². The van der Waals surface area contributed by atoms with Crippen molar-refractivity contribution in [3.8, 4) is 0 Å². The highest BCUT2D eigenvalue weighted by atomic mass is 16.3. The Morgan fingerprint density at radius 2 is 1.62 bits per heavy atom. The Bertz CT molecular complexity index is 652. The number of nitrogens with one attached hydrogen (secondary N) is 2. The maximum absolute atomic E-state index is 9.80. The third kappa shape index (κ3) is 3.69. The first-order valence-corrected chi connectivity index (χ1v) is 9.74. The second-order valence-corrected chi connectivity index (χ2v) is 7.78. The van der Waals surface area contributed by atoms with E-state index < -0.39 is 0 Å². The van der Waals surface area contributed by atoms with Crippen molar-refractivity contribution < 1.29 is 5.11 Å². The van der Waals surface area contributed by atoms with Crippen molar-refractivity contribution in [1.29, 1.82) is 0 Å². The van der Waals surface area contributed by atoms with Gasteiger partial charge in [-0.15, -0.1) is 0 Å². The first-order chi connectivity index (χ1) is 12.7. The minimum Gasteiger partial charge on any atom is -0.392 e. The molecule has 2 aromatic rings. The minimum atomic E-state index is -0.272. The molecule has 4 unspecified atom stereocenters. The number of β-amino-alcohol motifs (C(OH)–C–C–N with tert-alkyl or cyclic N) is 1. The number of aliphatic hydroxyl groups is 1. The molecule has 2 aliphatic rings. The van der Waals surface area contributed by atoms with Crippen LogP contribution in [0.15, 0.2) is 60.7 Å². The molecule has 138 valence electrons. The molecule has 2 aliphatic heterocycles. The average molecular weight is 351 g/mol. The highest BCUT2D eigenvalue weighted by Gasteiger charge is 2.43. The van der Waals surface area contributed by atoms with Crippen LogP contribution in [0.2, 0.25) is 0 Å². The Kier molecular flexibility index (Phi) is 5.36. The van der Waals surface area contributed by atoms with Crippen LogP contribution in [0.25, 0.3) is 0 Å². The Morgan fingerprint density at radius 1 is 1.00 bits per heavy atom. The summed E-state index contributed by atoms with van der Waals surface area (Å²) in [6.07, 6.45) is 0.850. The van der Waals surface area contributed by atoms with Crippen molar-refractivity contribution in [2.24, 2.45) is 5.92 Å². The molecule has 4 atom stereocenters. The minimum absolute atomic E-state index is 0.272. The Labute approximate surface area is 156 Å². The predicted molar refractivity (Wildman–Crippen MR) is 105 cm³/mol. The number of hydrogen-bond donors (Lipinski definition) is 3. The van der Waals surface area contributed by atoms with Gasteiger partial charge in [-0.05, 0) is 31.0 Å². The van der Waals surface area contributed by atoms with Crippen molar-refractivity contribution in [1.82, 2.24) is 15.8 Å². The van der Waals surface area contributed by atoms with Gasteiger partial charge in [0.05, 0.1) is 6.10 Å². The molecule has 0 aromatic heterocycles. The van der Waals surface area contributed by atoms with Gasteiger partial charge in [-0.1, -0.05) is 60.7 Å². The first kappa shape index (κ1) is 17.7. The lowest BCUT2D eigenvalue weighted by atomic mass is 9.76. The SMILES string of the molecule is CC(O)CN1CCC2NNC(C(c3ccccc3)c3ccccc3)C2C1. The number of likely N-dealkylation sites (tertiary alicyclic amines) is 1. The molecule has 4 heteroatoms. The highest BCUT2D eigenvalue weighted by molar-refractivity contribution is 5.35. The molecule has 4 rings (SSSR count). The third-order valence-electron chi connectivity index (χ3n) is 5.84. The average Bonchev–Trinajstić information content (AvgIpc) is 3.06. The topological polar surface area (TPSA) is 47.5 Å². The summed E-state index contributed by atoms with van der Waals surface area (Å²) in [5, 5.41) is 9.80. The zero-order chi connectivity index (χ0) is 17.9. The normalized spacial score (nSPS) is 27.4. The lowest BCUT2D eigenvalue weighted by molar-refractivity contribution is 0.0859. The van der Waals surface area contributed by atoms with Crippen molar-refractivity contribution in [2.45, 2.75) is 37.5 Å². The van der Waals surface area contributed by atoms with Gasteiger partial charge in [0.1, 0.15) is 0 Å². The van der Waals surface area contributed by atoms with Gasteiger partial charge < -0.3 is 10.0 Å². The summed E-state index contributed by atoms with van der Waals surface area (Å²) in [6, 6.07) is 22.5. The van der Waals surface area contributed by atoms with Gasteiger partial charge >= 0.3 is 0 Å². The van der Waals surface area contributed by atoms with Crippen LogP contribution < -0.4 is 10.9 Å². The number of hydrogen-bond acceptors (Lipinski definition) is 4. The Balaban J connectivity index is 1.63. The quantitative estimate of drug-likeness (QED) is 0.774. The largest absolute Gasteiger partial charge is 0.392 e. The van der Waals surface area contributed by atoms with Gasteiger partial charge in [-0.25, -0.2) is 0 Å². The van der Waals surface area contributed by atoms with Crippen LogP contribution in [0.3, 0.4) is 0 Å². The van der Waals surface area contributed by atoms with Crippen LogP contribution in [0, 0.1) is 5.92 Å². The van der Waals surface area contributed by atoms with Gasteiger partial charge in [0.15, 0.2) is 0 Å². The molecular weight excluding hydrogens is 322 g/mol. The smallest absolute Gasteiger partial charge is 0.0639 e. The van der Waals surface area contributed by atoms with Crippen LogP contribution in [0.4, 0.5) is 0 Å². The lowest BCUT2D eigenvalue weighted by Crippen LogP contribution is -2.49. The second-order valence-electron chi connectivity index (χ2n) is 7.78. The van der Waals surface area contributed by atoms with Crippen LogP contribution in [-0.2, 0) is 0 Å². The molecule has 0 spiro atoms. The zero-order valence-electron chi connectivity index (χ0n) is 15.4. The van der Waals surface area contributed by atoms with Gasteiger partial charge in [-0.3, -0.25) is 10.9 Å². The van der Waals surface area contributed by atoms with Crippen molar-refractivity contribution in [3.63, 3.8) is 0 Å². The van der Waals surface area contributed by atoms with E-state index in [9.17, 15) is 5.11 Å². The summed E-state index contributed by atoms with van der Waals surface area (Å²) < 4.78 is 0. The molecule has 0 radical (unpaired) electrons. The van der Waals surface area contributed by atoms with E-state index in [1.165, 1.54) is 11.1 Å². The molecule has 0 aliphatic carbocycles. The fourth-order valence-electron chi connectivity index (χ4n) is 4.70. The van der Waals surface area contributed by atoms with E-state index in [1.807, 2.05) is 6.92 Å². The molecule has 2 saturated heterocycles. The number of piperidine rings is 1. The summed E-state index contributed by atoms with van der Waals surface area (Å²) >= 11 is 0. The van der Waals surface area contributed by atoms with E-state index in [0.717, 1.165) is 26.1 Å². The van der Waals surface area contributed by atoms with Crippen molar-refractivity contribution in [2.75, 3.05) is 19.6 Å². The van der Waals surface area contributed by atoms with E-state index in [0.29, 0.717) is 23.9 Å². The molecule has 2 heterocycles.